The summed E-state index contributed by atoms with van der Waals surface area (Å²) >= 11 is 1.72. The van der Waals surface area contributed by atoms with Crippen LogP contribution in [-0.4, -0.2) is 30.6 Å². The molecule has 2 N–H and O–H groups in total. The fraction of sp³-hybridized carbons (Fsp3) is 0.444. The number of amides is 2. The van der Waals surface area contributed by atoms with Gasteiger partial charge in [0.1, 0.15) is 5.82 Å². The molecular weight excluding hydrogens is 320 g/mol. The van der Waals surface area contributed by atoms with Crippen molar-refractivity contribution in [3.05, 3.63) is 46.3 Å². The number of carbonyl (C=O) groups is 1. The predicted octanol–water partition coefficient (Wildman–Crippen LogP) is 3.18. The lowest BCUT2D eigenvalue weighted by atomic mass is 10.1. The quantitative estimate of drug-likeness (QED) is 0.846. The van der Waals surface area contributed by atoms with Crippen molar-refractivity contribution >= 4 is 23.2 Å². The van der Waals surface area contributed by atoms with Gasteiger partial charge >= 0.3 is 6.03 Å². The standard InChI is InChI=1S/C18H24N4OS/c23-18(20-10-8-16-7-5-13-24-16)21-14-15-6-4-9-19-17(15)22-11-2-1-3-12-22/h4-7,9,13H,1-3,8,10-12,14H2,(H2,20,21,23). The second-order valence-electron chi connectivity index (χ2n) is 5.97. The van der Waals surface area contributed by atoms with Gasteiger partial charge in [0.2, 0.25) is 0 Å². The van der Waals surface area contributed by atoms with E-state index in [1.807, 2.05) is 24.4 Å². The molecule has 24 heavy (non-hydrogen) atoms. The van der Waals surface area contributed by atoms with Crippen molar-refractivity contribution < 1.29 is 4.79 Å². The average Bonchev–Trinajstić information content (AvgIpc) is 3.14. The number of hydrogen-bond acceptors (Lipinski definition) is 4. The Morgan fingerprint density at radius 1 is 1.17 bits per heavy atom. The Morgan fingerprint density at radius 2 is 2.04 bits per heavy atom. The van der Waals surface area contributed by atoms with Gasteiger partial charge in [-0.05, 0) is 43.2 Å². The third-order valence-corrected chi connectivity index (χ3v) is 5.14. The molecule has 128 valence electrons. The van der Waals surface area contributed by atoms with E-state index in [0.717, 1.165) is 30.9 Å². The molecule has 1 aliphatic rings. The summed E-state index contributed by atoms with van der Waals surface area (Å²) in [5.41, 5.74) is 1.08. The van der Waals surface area contributed by atoms with E-state index in [4.69, 9.17) is 0 Å². The number of rotatable bonds is 6. The number of thiophene rings is 1. The minimum atomic E-state index is -0.125. The van der Waals surface area contributed by atoms with Crippen molar-refractivity contribution in [3.8, 4) is 0 Å². The molecular formula is C18H24N4OS. The van der Waals surface area contributed by atoms with E-state index in [-0.39, 0.29) is 6.03 Å². The third kappa shape index (κ3) is 4.71. The molecule has 3 rings (SSSR count). The molecule has 0 bridgehead atoms. The molecule has 0 saturated carbocycles. The molecule has 2 aromatic rings. The van der Waals surface area contributed by atoms with Crippen LogP contribution in [0.15, 0.2) is 35.8 Å². The summed E-state index contributed by atoms with van der Waals surface area (Å²) in [6.07, 6.45) is 6.43. The number of nitrogens with zero attached hydrogens (tertiary/aromatic N) is 2. The first-order valence-corrected chi connectivity index (χ1v) is 9.44. The van der Waals surface area contributed by atoms with Crippen LogP contribution in [0.5, 0.6) is 0 Å². The van der Waals surface area contributed by atoms with E-state index < -0.39 is 0 Å². The molecule has 1 saturated heterocycles. The number of hydrogen-bond donors (Lipinski definition) is 2. The number of piperidine rings is 1. The Morgan fingerprint density at radius 3 is 2.83 bits per heavy atom. The van der Waals surface area contributed by atoms with Gasteiger partial charge in [0.15, 0.2) is 0 Å². The molecule has 0 unspecified atom stereocenters. The highest BCUT2D eigenvalue weighted by atomic mass is 32.1. The number of nitrogens with one attached hydrogen (secondary N) is 2. The maximum absolute atomic E-state index is 12.0. The van der Waals surface area contributed by atoms with Crippen LogP contribution in [0.3, 0.4) is 0 Å². The molecule has 1 aliphatic heterocycles. The first-order chi connectivity index (χ1) is 11.8. The highest BCUT2D eigenvalue weighted by Crippen LogP contribution is 2.21. The average molecular weight is 344 g/mol. The van der Waals surface area contributed by atoms with Crippen LogP contribution in [0.1, 0.15) is 29.7 Å². The molecule has 1 fully saturated rings. The SMILES string of the molecule is O=C(NCCc1cccs1)NCc1cccnc1N1CCCCC1. The lowest BCUT2D eigenvalue weighted by Crippen LogP contribution is -2.37. The zero-order chi connectivity index (χ0) is 16.6. The lowest BCUT2D eigenvalue weighted by molar-refractivity contribution is 0.240. The molecule has 0 atom stereocenters. The van der Waals surface area contributed by atoms with Crippen molar-refractivity contribution in [2.24, 2.45) is 0 Å². The topological polar surface area (TPSA) is 57.3 Å². The van der Waals surface area contributed by atoms with Crippen LogP contribution in [0.25, 0.3) is 0 Å². The molecule has 0 spiro atoms. The molecule has 2 aromatic heterocycles. The monoisotopic (exact) mass is 344 g/mol. The van der Waals surface area contributed by atoms with E-state index in [9.17, 15) is 4.79 Å². The number of aromatic nitrogens is 1. The van der Waals surface area contributed by atoms with Crippen molar-refractivity contribution in [1.82, 2.24) is 15.6 Å². The Kier molecular flexibility index (Phi) is 6.07. The Balaban J connectivity index is 1.48. The molecule has 5 nitrogen and oxygen atoms in total. The van der Waals surface area contributed by atoms with Gasteiger partial charge in [0, 0.05) is 42.8 Å². The first kappa shape index (κ1) is 16.8. The van der Waals surface area contributed by atoms with Crippen LogP contribution in [-0.2, 0) is 13.0 Å². The molecule has 3 heterocycles. The predicted molar refractivity (Wildman–Crippen MR) is 98.6 cm³/mol. The highest BCUT2D eigenvalue weighted by molar-refractivity contribution is 7.09. The van der Waals surface area contributed by atoms with Crippen molar-refractivity contribution in [2.75, 3.05) is 24.5 Å². The van der Waals surface area contributed by atoms with Crippen LogP contribution in [0.4, 0.5) is 10.6 Å². The van der Waals surface area contributed by atoms with Gasteiger partial charge in [-0.2, -0.15) is 0 Å². The highest BCUT2D eigenvalue weighted by Gasteiger charge is 2.15. The summed E-state index contributed by atoms with van der Waals surface area (Å²) in [6.45, 7) is 3.26. The van der Waals surface area contributed by atoms with E-state index in [1.165, 1.54) is 24.1 Å². The lowest BCUT2D eigenvalue weighted by Gasteiger charge is -2.29. The van der Waals surface area contributed by atoms with E-state index in [1.54, 1.807) is 11.3 Å². The van der Waals surface area contributed by atoms with E-state index >= 15 is 0 Å². The second kappa shape index (κ2) is 8.68. The van der Waals surface area contributed by atoms with E-state index in [2.05, 4.69) is 32.0 Å². The zero-order valence-corrected chi connectivity index (χ0v) is 14.6. The third-order valence-electron chi connectivity index (χ3n) is 4.20. The molecule has 0 aliphatic carbocycles. The zero-order valence-electron chi connectivity index (χ0n) is 13.8. The smallest absolute Gasteiger partial charge is 0.315 e. The van der Waals surface area contributed by atoms with Crippen LogP contribution in [0.2, 0.25) is 0 Å². The summed E-state index contributed by atoms with van der Waals surface area (Å²) in [6, 6.07) is 7.97. The number of carbonyl (C=O) groups excluding carboxylic acids is 1. The van der Waals surface area contributed by atoms with Crippen LogP contribution in [0, 0.1) is 0 Å². The van der Waals surface area contributed by atoms with Crippen LogP contribution < -0.4 is 15.5 Å². The summed E-state index contributed by atoms with van der Waals surface area (Å²) in [5, 5.41) is 7.91. The second-order valence-corrected chi connectivity index (χ2v) is 7.00. The fourth-order valence-corrected chi connectivity index (χ4v) is 3.66. The Bertz CT molecular complexity index is 638. The first-order valence-electron chi connectivity index (χ1n) is 8.56. The largest absolute Gasteiger partial charge is 0.356 e. The van der Waals surface area contributed by atoms with Gasteiger partial charge in [-0.1, -0.05) is 12.1 Å². The number of urea groups is 1. The normalized spacial score (nSPS) is 14.4. The van der Waals surface area contributed by atoms with Gasteiger partial charge < -0.3 is 15.5 Å². The van der Waals surface area contributed by atoms with E-state index in [0.29, 0.717) is 13.1 Å². The Hall–Kier alpha value is -2.08. The van der Waals surface area contributed by atoms with Crippen molar-refractivity contribution in [2.45, 2.75) is 32.2 Å². The minimum absolute atomic E-state index is 0.125. The van der Waals surface area contributed by atoms with Crippen LogP contribution >= 0.6 is 11.3 Å². The number of pyridine rings is 1. The maximum Gasteiger partial charge on any atom is 0.315 e. The maximum atomic E-state index is 12.0. The van der Waals surface area contributed by atoms with Gasteiger partial charge in [-0.15, -0.1) is 11.3 Å². The van der Waals surface area contributed by atoms with Gasteiger partial charge in [0.25, 0.3) is 0 Å². The summed E-state index contributed by atoms with van der Waals surface area (Å²) in [4.78, 5) is 20.1. The summed E-state index contributed by atoms with van der Waals surface area (Å²) in [5.74, 6) is 1.01. The molecule has 0 radical (unpaired) electrons. The fourth-order valence-electron chi connectivity index (χ4n) is 2.95. The number of anilines is 1. The summed E-state index contributed by atoms with van der Waals surface area (Å²) < 4.78 is 0. The van der Waals surface area contributed by atoms with Gasteiger partial charge in [-0.3, -0.25) is 0 Å². The van der Waals surface area contributed by atoms with Crippen molar-refractivity contribution in [1.29, 1.82) is 0 Å². The molecule has 0 aromatic carbocycles. The molecule has 2 amide bonds. The molecule has 6 heteroatoms. The summed E-state index contributed by atoms with van der Waals surface area (Å²) in [7, 11) is 0. The van der Waals surface area contributed by atoms with Crippen molar-refractivity contribution in [3.63, 3.8) is 0 Å². The van der Waals surface area contributed by atoms with Gasteiger partial charge in [0.05, 0.1) is 0 Å². The Labute approximate surface area is 147 Å². The minimum Gasteiger partial charge on any atom is -0.356 e. The van der Waals surface area contributed by atoms with Gasteiger partial charge in [-0.25, -0.2) is 9.78 Å².